The molecule has 9 nitrogen and oxygen atoms in total. The second kappa shape index (κ2) is 9.38. The number of sulfonamides is 1. The van der Waals surface area contributed by atoms with E-state index in [4.69, 9.17) is 4.74 Å². The van der Waals surface area contributed by atoms with Gasteiger partial charge in [0.15, 0.2) is 5.82 Å². The monoisotopic (exact) mass is 421 g/mol. The molecule has 2 aromatic rings. The Labute approximate surface area is 171 Å². The topological polar surface area (TPSA) is 106 Å². The zero-order valence-electron chi connectivity index (χ0n) is 16.6. The van der Waals surface area contributed by atoms with E-state index in [-0.39, 0.29) is 24.5 Å². The molecule has 0 aliphatic carbocycles. The highest BCUT2D eigenvalue weighted by molar-refractivity contribution is 7.89. The second-order valence-corrected chi connectivity index (χ2v) is 9.24. The average molecular weight is 422 g/mol. The number of hydrogen-bond donors (Lipinski definition) is 2. The van der Waals surface area contributed by atoms with Crippen LogP contribution in [0.3, 0.4) is 0 Å². The highest BCUT2D eigenvalue weighted by atomic mass is 32.2. The van der Waals surface area contributed by atoms with Crippen LogP contribution in [0.2, 0.25) is 0 Å². The fraction of sp³-hybridized carbons (Fsp3) is 0.474. The molecule has 0 bridgehead atoms. The molecule has 0 spiro atoms. The number of nitrogens with zero attached hydrogens (tertiary/aromatic N) is 3. The van der Waals surface area contributed by atoms with Crippen LogP contribution in [0.4, 0.5) is 10.6 Å². The van der Waals surface area contributed by atoms with Gasteiger partial charge in [0.2, 0.25) is 10.0 Å². The van der Waals surface area contributed by atoms with Crippen LogP contribution < -0.4 is 10.6 Å². The predicted octanol–water partition coefficient (Wildman–Crippen LogP) is 1.49. The minimum Gasteiger partial charge on any atom is -0.373 e. The first kappa shape index (κ1) is 21.3. The lowest BCUT2D eigenvalue weighted by atomic mass is 10.2. The van der Waals surface area contributed by atoms with Crippen LogP contribution in [-0.4, -0.2) is 66.1 Å². The van der Waals surface area contributed by atoms with Crippen molar-refractivity contribution < 1.29 is 17.9 Å². The average Bonchev–Trinajstić information content (AvgIpc) is 3.08. The van der Waals surface area contributed by atoms with Gasteiger partial charge in [-0.15, -0.1) is 0 Å². The maximum atomic E-state index is 12.5. The van der Waals surface area contributed by atoms with Gasteiger partial charge >= 0.3 is 6.03 Å². The van der Waals surface area contributed by atoms with Crippen molar-refractivity contribution in [3.8, 4) is 0 Å². The predicted molar refractivity (Wildman–Crippen MR) is 110 cm³/mol. The van der Waals surface area contributed by atoms with Crippen molar-refractivity contribution in [1.29, 1.82) is 0 Å². The SMILES string of the molecule is CC1CN(S(=O)(=O)CCNC(=O)Nc2ccn(Cc3ccccc3)n2)CC(C)O1. The molecule has 1 aliphatic rings. The second-order valence-electron chi connectivity index (χ2n) is 7.16. The van der Waals surface area contributed by atoms with E-state index < -0.39 is 16.1 Å². The number of benzene rings is 1. The maximum absolute atomic E-state index is 12.5. The molecule has 29 heavy (non-hydrogen) atoms. The Hall–Kier alpha value is -2.43. The Kier molecular flexibility index (Phi) is 6.88. The molecule has 2 unspecified atom stereocenters. The number of aromatic nitrogens is 2. The van der Waals surface area contributed by atoms with Crippen molar-refractivity contribution in [3.63, 3.8) is 0 Å². The fourth-order valence-electron chi connectivity index (χ4n) is 3.23. The van der Waals surface area contributed by atoms with E-state index in [1.54, 1.807) is 16.9 Å². The Morgan fingerprint density at radius 2 is 1.86 bits per heavy atom. The van der Waals surface area contributed by atoms with Crippen LogP contribution in [0.5, 0.6) is 0 Å². The van der Waals surface area contributed by atoms with E-state index in [1.165, 1.54) is 4.31 Å². The molecule has 10 heteroatoms. The summed E-state index contributed by atoms with van der Waals surface area (Å²) in [5.41, 5.74) is 1.10. The molecule has 1 aliphatic heterocycles. The van der Waals surface area contributed by atoms with Crippen LogP contribution in [-0.2, 0) is 21.3 Å². The van der Waals surface area contributed by atoms with Crippen molar-refractivity contribution in [2.45, 2.75) is 32.6 Å². The number of amides is 2. The van der Waals surface area contributed by atoms with Crippen molar-refractivity contribution in [3.05, 3.63) is 48.2 Å². The van der Waals surface area contributed by atoms with Crippen molar-refractivity contribution in [2.24, 2.45) is 0 Å². The Morgan fingerprint density at radius 1 is 1.17 bits per heavy atom. The van der Waals surface area contributed by atoms with Gasteiger partial charge in [0.25, 0.3) is 0 Å². The van der Waals surface area contributed by atoms with E-state index in [9.17, 15) is 13.2 Å². The minimum absolute atomic E-state index is 0.0129. The van der Waals surface area contributed by atoms with Crippen molar-refractivity contribution in [2.75, 3.05) is 30.7 Å². The summed E-state index contributed by atoms with van der Waals surface area (Å²) in [6, 6.07) is 11.1. The number of carbonyl (C=O) groups excluding carboxylic acids is 1. The van der Waals surface area contributed by atoms with E-state index in [1.807, 2.05) is 44.2 Å². The first-order chi connectivity index (χ1) is 13.8. The molecular weight excluding hydrogens is 394 g/mol. The summed E-state index contributed by atoms with van der Waals surface area (Å²) in [6.07, 6.45) is 1.49. The van der Waals surface area contributed by atoms with Crippen molar-refractivity contribution in [1.82, 2.24) is 19.4 Å². The standard InChI is InChI=1S/C19H27N5O4S/c1-15-12-24(13-16(2)28-15)29(26,27)11-9-20-19(25)21-18-8-10-23(22-18)14-17-6-4-3-5-7-17/h3-8,10,15-16H,9,11-14H2,1-2H3,(H2,20,21,22,25). The van der Waals surface area contributed by atoms with Crippen molar-refractivity contribution >= 4 is 21.9 Å². The summed E-state index contributed by atoms with van der Waals surface area (Å²) in [6.45, 7) is 4.97. The quantitative estimate of drug-likeness (QED) is 0.705. The lowest BCUT2D eigenvalue weighted by molar-refractivity contribution is -0.0440. The molecule has 3 rings (SSSR count). The van der Waals surface area contributed by atoms with E-state index in [2.05, 4.69) is 15.7 Å². The molecule has 0 saturated carbocycles. The number of nitrogens with one attached hydrogen (secondary N) is 2. The van der Waals surface area contributed by atoms with Gasteiger partial charge in [-0.05, 0) is 19.4 Å². The highest BCUT2D eigenvalue weighted by Gasteiger charge is 2.30. The molecule has 1 saturated heterocycles. The number of morpholine rings is 1. The van der Waals surface area contributed by atoms with Gasteiger partial charge in [0.05, 0.1) is 24.5 Å². The van der Waals surface area contributed by atoms with Gasteiger partial charge in [0.1, 0.15) is 0 Å². The number of urea groups is 1. The van der Waals surface area contributed by atoms with Crippen LogP contribution >= 0.6 is 0 Å². The Bertz CT molecular complexity index is 906. The summed E-state index contributed by atoms with van der Waals surface area (Å²) < 4.78 is 33.7. The zero-order chi connectivity index (χ0) is 20.9. The molecule has 0 radical (unpaired) electrons. The zero-order valence-corrected chi connectivity index (χ0v) is 17.4. The van der Waals surface area contributed by atoms with Gasteiger partial charge in [-0.2, -0.15) is 9.40 Å². The molecule has 2 heterocycles. The first-order valence-corrected chi connectivity index (χ1v) is 11.2. The van der Waals surface area contributed by atoms with Crippen LogP contribution in [0, 0.1) is 0 Å². The largest absolute Gasteiger partial charge is 0.373 e. The third-order valence-electron chi connectivity index (χ3n) is 4.49. The third kappa shape index (κ3) is 6.28. The number of rotatable bonds is 7. The summed E-state index contributed by atoms with van der Waals surface area (Å²) >= 11 is 0. The van der Waals surface area contributed by atoms with E-state index >= 15 is 0 Å². The summed E-state index contributed by atoms with van der Waals surface area (Å²) in [5, 5.41) is 9.49. The van der Waals surface area contributed by atoms with Gasteiger partial charge in [-0.1, -0.05) is 30.3 Å². The van der Waals surface area contributed by atoms with Gasteiger partial charge in [-0.3, -0.25) is 10.00 Å². The smallest absolute Gasteiger partial charge is 0.320 e. The Morgan fingerprint density at radius 3 is 2.55 bits per heavy atom. The molecule has 2 N–H and O–H groups in total. The van der Waals surface area contributed by atoms with Gasteiger partial charge in [0, 0.05) is 31.9 Å². The lowest BCUT2D eigenvalue weighted by Crippen LogP contribution is -2.49. The normalized spacial score (nSPS) is 20.3. The first-order valence-electron chi connectivity index (χ1n) is 9.57. The Balaban J connectivity index is 1.44. The van der Waals surface area contributed by atoms with E-state index in [0.29, 0.717) is 25.5 Å². The van der Waals surface area contributed by atoms with Gasteiger partial charge in [-0.25, -0.2) is 13.2 Å². The highest BCUT2D eigenvalue weighted by Crippen LogP contribution is 2.14. The summed E-state index contributed by atoms with van der Waals surface area (Å²) in [7, 11) is -3.46. The lowest BCUT2D eigenvalue weighted by Gasteiger charge is -2.34. The van der Waals surface area contributed by atoms with E-state index in [0.717, 1.165) is 5.56 Å². The van der Waals surface area contributed by atoms with Crippen LogP contribution in [0.25, 0.3) is 0 Å². The maximum Gasteiger partial charge on any atom is 0.320 e. The molecule has 1 aromatic carbocycles. The molecule has 2 amide bonds. The summed E-state index contributed by atoms with van der Waals surface area (Å²) in [5.74, 6) is 0.236. The molecular formula is C19H27N5O4S. The van der Waals surface area contributed by atoms with Crippen LogP contribution in [0.1, 0.15) is 19.4 Å². The number of carbonyl (C=O) groups is 1. The molecule has 158 valence electrons. The number of hydrogen-bond acceptors (Lipinski definition) is 5. The number of ether oxygens (including phenoxy) is 1. The number of anilines is 1. The fourth-order valence-corrected chi connectivity index (χ4v) is 4.72. The van der Waals surface area contributed by atoms with Gasteiger partial charge < -0.3 is 10.1 Å². The molecule has 1 aromatic heterocycles. The third-order valence-corrected chi connectivity index (χ3v) is 6.30. The summed E-state index contributed by atoms with van der Waals surface area (Å²) in [4.78, 5) is 12.0. The van der Waals surface area contributed by atoms with Crippen LogP contribution in [0.15, 0.2) is 42.6 Å². The minimum atomic E-state index is -3.46. The molecule has 1 fully saturated rings. The molecule has 2 atom stereocenters.